The summed E-state index contributed by atoms with van der Waals surface area (Å²) in [7, 11) is -4.46. The molecule has 1 amide bonds. The highest BCUT2D eigenvalue weighted by Crippen LogP contribution is 2.22. The molecule has 0 fully saturated rings. The van der Waals surface area contributed by atoms with E-state index in [0.717, 1.165) is 18.5 Å². The van der Waals surface area contributed by atoms with Crippen molar-refractivity contribution in [2.45, 2.75) is 11.8 Å². The number of hydrogen-bond donors (Lipinski definition) is 1. The fraction of sp³-hybridized carbons (Fsp3) is 0.0625. The Morgan fingerprint density at radius 1 is 1.19 bits per heavy atom. The van der Waals surface area contributed by atoms with E-state index in [1.807, 2.05) is 0 Å². The van der Waals surface area contributed by atoms with Gasteiger partial charge in [0.1, 0.15) is 22.2 Å². The molecule has 26 heavy (non-hydrogen) atoms. The fourth-order valence-electron chi connectivity index (χ4n) is 2.12. The Hall–Kier alpha value is -3.14. The molecular formula is C16H12F2N4O3S. The van der Waals surface area contributed by atoms with Gasteiger partial charge in [-0.3, -0.25) is 9.78 Å². The first kappa shape index (κ1) is 17.7. The van der Waals surface area contributed by atoms with Crippen molar-refractivity contribution in [3.8, 4) is 0 Å². The second-order valence-corrected chi connectivity index (χ2v) is 7.07. The van der Waals surface area contributed by atoms with Crippen molar-refractivity contribution in [3.05, 3.63) is 71.8 Å². The Labute approximate surface area is 147 Å². The molecule has 7 nitrogen and oxygen atoms in total. The molecule has 0 aliphatic rings. The number of carbonyl (C=O) groups is 1. The van der Waals surface area contributed by atoms with Crippen LogP contribution in [0.5, 0.6) is 0 Å². The summed E-state index contributed by atoms with van der Waals surface area (Å²) in [5, 5.41) is 6.03. The van der Waals surface area contributed by atoms with Crippen LogP contribution >= 0.6 is 0 Å². The average molecular weight is 378 g/mol. The maximum atomic E-state index is 14.0. The lowest BCUT2D eigenvalue weighted by molar-refractivity contribution is 0.102. The third kappa shape index (κ3) is 3.31. The fourth-order valence-corrected chi connectivity index (χ4v) is 3.30. The molecule has 0 bridgehead atoms. The number of rotatable bonds is 4. The molecular weight excluding hydrogens is 366 g/mol. The first-order valence-electron chi connectivity index (χ1n) is 7.27. The number of nitrogens with one attached hydrogen (secondary N) is 1. The van der Waals surface area contributed by atoms with Gasteiger partial charge in [0.2, 0.25) is 0 Å². The van der Waals surface area contributed by atoms with E-state index < -0.39 is 32.5 Å². The van der Waals surface area contributed by atoms with Crippen molar-refractivity contribution in [1.82, 2.24) is 14.2 Å². The third-order valence-electron chi connectivity index (χ3n) is 3.45. The number of benzene rings is 1. The van der Waals surface area contributed by atoms with Gasteiger partial charge in [0.15, 0.2) is 0 Å². The van der Waals surface area contributed by atoms with E-state index >= 15 is 0 Å². The van der Waals surface area contributed by atoms with Crippen LogP contribution in [0.15, 0.2) is 53.8 Å². The molecule has 134 valence electrons. The molecule has 0 saturated carbocycles. The van der Waals surface area contributed by atoms with E-state index in [0.29, 0.717) is 10.2 Å². The molecule has 0 unspecified atom stereocenters. The number of aryl methyl sites for hydroxylation is 1. The Kier molecular flexibility index (Phi) is 4.51. The molecule has 3 rings (SSSR count). The SMILES string of the molecule is Cc1cc(F)c(S(=O)(=O)n2cc(NC(=O)c3ccccn3)cn2)cc1F. The number of aromatic nitrogens is 3. The van der Waals surface area contributed by atoms with Gasteiger partial charge >= 0.3 is 0 Å². The minimum absolute atomic E-state index is 0.0229. The van der Waals surface area contributed by atoms with Gasteiger partial charge in [0.25, 0.3) is 15.9 Å². The van der Waals surface area contributed by atoms with Crippen LogP contribution in [0.4, 0.5) is 14.5 Å². The molecule has 10 heteroatoms. The molecule has 0 radical (unpaired) electrons. The smallest absolute Gasteiger partial charge is 0.286 e. The predicted molar refractivity (Wildman–Crippen MR) is 88.1 cm³/mol. The van der Waals surface area contributed by atoms with Crippen molar-refractivity contribution in [1.29, 1.82) is 0 Å². The van der Waals surface area contributed by atoms with Gasteiger partial charge in [-0.25, -0.2) is 8.78 Å². The third-order valence-corrected chi connectivity index (χ3v) is 5.01. The van der Waals surface area contributed by atoms with Crippen molar-refractivity contribution >= 4 is 21.6 Å². The van der Waals surface area contributed by atoms with Gasteiger partial charge in [-0.2, -0.15) is 17.6 Å². The van der Waals surface area contributed by atoms with Gasteiger partial charge in [-0.05, 0) is 36.8 Å². The number of pyridine rings is 1. The maximum Gasteiger partial charge on any atom is 0.286 e. The van der Waals surface area contributed by atoms with E-state index in [4.69, 9.17) is 0 Å². The predicted octanol–water partition coefficient (Wildman–Crippen LogP) is 2.35. The summed E-state index contributed by atoms with van der Waals surface area (Å²) in [6.45, 7) is 1.31. The topological polar surface area (TPSA) is 94.0 Å². The highest BCUT2D eigenvalue weighted by Gasteiger charge is 2.24. The number of halogens is 2. The van der Waals surface area contributed by atoms with Crippen LogP contribution in [0.2, 0.25) is 0 Å². The second-order valence-electron chi connectivity index (χ2n) is 5.31. The van der Waals surface area contributed by atoms with E-state index in [2.05, 4.69) is 15.4 Å². The monoisotopic (exact) mass is 378 g/mol. The zero-order valence-electron chi connectivity index (χ0n) is 13.3. The number of carbonyl (C=O) groups excluding carboxylic acids is 1. The maximum absolute atomic E-state index is 14.0. The zero-order valence-corrected chi connectivity index (χ0v) is 14.2. The van der Waals surface area contributed by atoms with Crippen molar-refractivity contribution in [2.75, 3.05) is 5.32 Å². The van der Waals surface area contributed by atoms with Crippen LogP contribution < -0.4 is 5.32 Å². The van der Waals surface area contributed by atoms with E-state index in [1.165, 1.54) is 19.2 Å². The Morgan fingerprint density at radius 3 is 2.65 bits per heavy atom. The molecule has 2 heterocycles. The molecule has 2 aromatic heterocycles. The van der Waals surface area contributed by atoms with Crippen LogP contribution in [-0.4, -0.2) is 28.5 Å². The summed E-state index contributed by atoms with van der Waals surface area (Å²) in [5.74, 6) is -2.53. The van der Waals surface area contributed by atoms with Crippen LogP contribution in [-0.2, 0) is 10.0 Å². The number of amides is 1. The van der Waals surface area contributed by atoms with Crippen LogP contribution in [0.25, 0.3) is 0 Å². The van der Waals surface area contributed by atoms with E-state index in [9.17, 15) is 22.0 Å². The Bertz CT molecular complexity index is 1080. The summed E-state index contributed by atoms with van der Waals surface area (Å²) in [4.78, 5) is 15.0. The highest BCUT2D eigenvalue weighted by molar-refractivity contribution is 7.89. The Morgan fingerprint density at radius 2 is 1.96 bits per heavy atom. The summed E-state index contributed by atoms with van der Waals surface area (Å²) in [5.41, 5.74) is 0.150. The van der Waals surface area contributed by atoms with Gasteiger partial charge in [0, 0.05) is 6.20 Å². The minimum Gasteiger partial charge on any atom is -0.318 e. The van der Waals surface area contributed by atoms with Crippen molar-refractivity contribution in [2.24, 2.45) is 0 Å². The van der Waals surface area contributed by atoms with E-state index in [-0.39, 0.29) is 16.9 Å². The van der Waals surface area contributed by atoms with Crippen LogP contribution in [0.3, 0.4) is 0 Å². The highest BCUT2D eigenvalue weighted by atomic mass is 32.2. The molecule has 1 aromatic carbocycles. The minimum atomic E-state index is -4.46. The molecule has 3 aromatic rings. The van der Waals surface area contributed by atoms with Gasteiger partial charge in [-0.1, -0.05) is 6.07 Å². The van der Waals surface area contributed by atoms with Crippen molar-refractivity contribution in [3.63, 3.8) is 0 Å². The van der Waals surface area contributed by atoms with Crippen LogP contribution in [0.1, 0.15) is 16.1 Å². The quantitative estimate of drug-likeness (QED) is 0.752. The number of hydrogen-bond acceptors (Lipinski definition) is 5. The van der Waals surface area contributed by atoms with Gasteiger partial charge in [-0.15, -0.1) is 0 Å². The lowest BCUT2D eigenvalue weighted by Crippen LogP contribution is -2.16. The average Bonchev–Trinajstić information content (AvgIpc) is 3.08. The first-order chi connectivity index (χ1) is 12.3. The summed E-state index contributed by atoms with van der Waals surface area (Å²) in [6, 6.07) is 6.10. The van der Waals surface area contributed by atoms with Gasteiger partial charge < -0.3 is 5.32 Å². The second kappa shape index (κ2) is 6.64. The molecule has 0 saturated heterocycles. The lowest BCUT2D eigenvalue weighted by atomic mass is 10.2. The molecule has 0 atom stereocenters. The first-order valence-corrected chi connectivity index (χ1v) is 8.71. The molecule has 0 spiro atoms. The van der Waals surface area contributed by atoms with Crippen molar-refractivity contribution < 1.29 is 22.0 Å². The standard InChI is InChI=1S/C16H12F2N4O3S/c1-10-6-13(18)15(7-12(10)17)26(24,25)22-9-11(8-20-22)21-16(23)14-4-2-3-5-19-14/h2-9H,1H3,(H,21,23). The molecule has 0 aliphatic carbocycles. The zero-order chi connectivity index (χ0) is 18.9. The number of nitrogens with zero attached hydrogens (tertiary/aromatic N) is 3. The summed E-state index contributed by atoms with van der Waals surface area (Å²) < 4.78 is 53.0. The molecule has 1 N–H and O–H groups in total. The summed E-state index contributed by atoms with van der Waals surface area (Å²) >= 11 is 0. The lowest BCUT2D eigenvalue weighted by Gasteiger charge is -2.07. The molecule has 0 aliphatic heterocycles. The van der Waals surface area contributed by atoms with E-state index in [1.54, 1.807) is 12.1 Å². The number of anilines is 1. The normalized spacial score (nSPS) is 11.3. The largest absolute Gasteiger partial charge is 0.318 e. The Balaban J connectivity index is 1.89. The summed E-state index contributed by atoms with van der Waals surface area (Å²) in [6.07, 6.45) is 3.48. The van der Waals surface area contributed by atoms with Crippen LogP contribution in [0, 0.1) is 18.6 Å². The van der Waals surface area contributed by atoms with Gasteiger partial charge in [0.05, 0.1) is 18.1 Å².